The summed E-state index contributed by atoms with van der Waals surface area (Å²) < 4.78 is 5.34. The average Bonchev–Trinajstić information content (AvgIpc) is 2.05. The van der Waals surface area contributed by atoms with Gasteiger partial charge in [-0.25, -0.2) is 0 Å². The molecule has 13 heavy (non-hydrogen) atoms. The van der Waals surface area contributed by atoms with Crippen LogP contribution in [0.4, 0.5) is 0 Å². The molecule has 0 aromatic heterocycles. The number of benzene rings is 1. The standard InChI is InChI=1S/C9H8O.Al.Fe.Mn/c1-2-6-9-8(4-1)5-3-7-10-9;;;/h1-6H,7H2;;;. The van der Waals surface area contributed by atoms with Crippen molar-refractivity contribution in [3.63, 3.8) is 0 Å². The predicted molar refractivity (Wildman–Crippen MR) is 46.7 cm³/mol. The van der Waals surface area contributed by atoms with E-state index in [1.807, 2.05) is 30.3 Å². The molecule has 0 saturated carbocycles. The van der Waals surface area contributed by atoms with Gasteiger partial charge >= 0.3 is 0 Å². The summed E-state index contributed by atoms with van der Waals surface area (Å²) in [7, 11) is 0. The van der Waals surface area contributed by atoms with E-state index in [1.165, 1.54) is 5.56 Å². The van der Waals surface area contributed by atoms with Gasteiger partial charge in [0, 0.05) is 57.1 Å². The molecule has 1 nitrogen and oxygen atoms in total. The van der Waals surface area contributed by atoms with Gasteiger partial charge in [0.15, 0.2) is 0 Å². The van der Waals surface area contributed by atoms with Gasteiger partial charge < -0.3 is 4.74 Å². The molecular weight excluding hydrogens is 262 g/mol. The molecule has 4 heteroatoms. The Morgan fingerprint density at radius 1 is 1.15 bits per heavy atom. The second kappa shape index (κ2) is 7.71. The Morgan fingerprint density at radius 3 is 2.54 bits per heavy atom. The molecule has 1 aromatic carbocycles. The third-order valence-corrected chi connectivity index (χ3v) is 1.55. The van der Waals surface area contributed by atoms with Crippen LogP contribution in [0.25, 0.3) is 6.08 Å². The van der Waals surface area contributed by atoms with Crippen LogP contribution in [0.1, 0.15) is 5.56 Å². The normalized spacial score (nSPS) is 10.8. The maximum atomic E-state index is 5.34. The van der Waals surface area contributed by atoms with Crippen LogP contribution < -0.4 is 4.74 Å². The minimum absolute atomic E-state index is 0. The fourth-order valence-electron chi connectivity index (χ4n) is 1.06. The maximum absolute atomic E-state index is 5.34. The number of hydrogen-bond acceptors (Lipinski definition) is 1. The van der Waals surface area contributed by atoms with Gasteiger partial charge in [0.25, 0.3) is 0 Å². The molecule has 68 valence electrons. The fraction of sp³-hybridized carbons (Fsp3) is 0.111. The minimum atomic E-state index is 0. The molecule has 1 aromatic rings. The Labute approximate surface area is 110 Å². The molecule has 4 radical (unpaired) electrons. The summed E-state index contributed by atoms with van der Waals surface area (Å²) in [5.41, 5.74) is 1.17. The van der Waals surface area contributed by atoms with E-state index in [1.54, 1.807) is 0 Å². The van der Waals surface area contributed by atoms with Gasteiger partial charge in [-0.2, -0.15) is 0 Å². The van der Waals surface area contributed by atoms with Gasteiger partial charge in [-0.3, -0.25) is 0 Å². The van der Waals surface area contributed by atoms with Crippen molar-refractivity contribution in [2.45, 2.75) is 0 Å². The van der Waals surface area contributed by atoms with E-state index < -0.39 is 0 Å². The second-order valence-electron chi connectivity index (χ2n) is 2.25. The van der Waals surface area contributed by atoms with Crippen LogP contribution in [-0.2, 0) is 34.1 Å². The maximum Gasteiger partial charge on any atom is 0.126 e. The number of rotatable bonds is 0. The summed E-state index contributed by atoms with van der Waals surface area (Å²) in [6.45, 7) is 0.705. The van der Waals surface area contributed by atoms with Crippen molar-refractivity contribution >= 4 is 23.4 Å². The summed E-state index contributed by atoms with van der Waals surface area (Å²) in [6.07, 6.45) is 4.10. The van der Waals surface area contributed by atoms with Gasteiger partial charge in [-0.05, 0) is 12.1 Å². The van der Waals surface area contributed by atoms with Crippen LogP contribution in [0.5, 0.6) is 5.75 Å². The molecular formula is C9H8AlFeMnO. The zero-order chi connectivity index (χ0) is 6.81. The summed E-state index contributed by atoms with van der Waals surface area (Å²) in [4.78, 5) is 0. The zero-order valence-corrected chi connectivity index (χ0v) is 10.3. The number of para-hydroxylation sites is 1. The molecule has 0 atom stereocenters. The predicted octanol–water partition coefficient (Wildman–Crippen LogP) is 1.71. The van der Waals surface area contributed by atoms with E-state index in [-0.39, 0.29) is 51.5 Å². The Balaban J connectivity index is 0. The molecule has 0 fully saturated rings. The summed E-state index contributed by atoms with van der Waals surface area (Å²) >= 11 is 0. The molecule has 0 amide bonds. The zero-order valence-electron chi connectivity index (χ0n) is 6.89. The van der Waals surface area contributed by atoms with Crippen LogP contribution >= 0.6 is 0 Å². The molecule has 0 N–H and O–H groups in total. The second-order valence-corrected chi connectivity index (χ2v) is 2.25. The number of ether oxygens (including phenoxy) is 1. The molecule has 0 spiro atoms. The monoisotopic (exact) mass is 270 g/mol. The third kappa shape index (κ3) is 3.92. The number of hydrogen-bond donors (Lipinski definition) is 0. The third-order valence-electron chi connectivity index (χ3n) is 1.55. The van der Waals surface area contributed by atoms with Crippen LogP contribution in [-0.4, -0.2) is 24.0 Å². The molecule has 1 heterocycles. The molecule has 1 aliphatic rings. The van der Waals surface area contributed by atoms with Crippen molar-refractivity contribution in [1.29, 1.82) is 0 Å². The largest absolute Gasteiger partial charge is 0.489 e. The van der Waals surface area contributed by atoms with Gasteiger partial charge in [0.05, 0.1) is 0 Å². The van der Waals surface area contributed by atoms with Crippen LogP contribution in [0.2, 0.25) is 0 Å². The number of fused-ring (bicyclic) bond motifs is 1. The molecule has 0 saturated heterocycles. The summed E-state index contributed by atoms with van der Waals surface area (Å²) in [5, 5.41) is 0. The van der Waals surface area contributed by atoms with Crippen molar-refractivity contribution in [1.82, 2.24) is 0 Å². The smallest absolute Gasteiger partial charge is 0.126 e. The Morgan fingerprint density at radius 2 is 1.85 bits per heavy atom. The average molecular weight is 270 g/mol. The van der Waals surface area contributed by atoms with Crippen LogP contribution in [0.15, 0.2) is 30.3 Å². The fourth-order valence-corrected chi connectivity index (χ4v) is 1.06. The Bertz CT molecular complexity index is 278. The minimum Gasteiger partial charge on any atom is -0.489 e. The van der Waals surface area contributed by atoms with Gasteiger partial charge in [-0.15, -0.1) is 0 Å². The van der Waals surface area contributed by atoms with E-state index in [2.05, 4.69) is 6.08 Å². The van der Waals surface area contributed by atoms with Gasteiger partial charge in [0.1, 0.15) is 12.4 Å². The molecule has 0 unspecified atom stereocenters. The molecule has 0 aliphatic carbocycles. The van der Waals surface area contributed by atoms with Crippen molar-refractivity contribution in [3.05, 3.63) is 35.9 Å². The van der Waals surface area contributed by atoms with Crippen molar-refractivity contribution in [3.8, 4) is 5.75 Å². The van der Waals surface area contributed by atoms with E-state index in [0.29, 0.717) is 6.61 Å². The van der Waals surface area contributed by atoms with Crippen LogP contribution in [0.3, 0.4) is 0 Å². The first-order chi connectivity index (χ1) is 4.97. The van der Waals surface area contributed by atoms with E-state index >= 15 is 0 Å². The first-order valence-corrected chi connectivity index (χ1v) is 3.35. The first kappa shape index (κ1) is 15.8. The van der Waals surface area contributed by atoms with Gasteiger partial charge in [-0.1, -0.05) is 24.3 Å². The Kier molecular flexibility index (Phi) is 9.36. The van der Waals surface area contributed by atoms with E-state index in [4.69, 9.17) is 4.74 Å². The Hall–Kier alpha value is 0.331. The van der Waals surface area contributed by atoms with E-state index in [9.17, 15) is 0 Å². The molecule has 0 bridgehead atoms. The van der Waals surface area contributed by atoms with E-state index in [0.717, 1.165) is 5.75 Å². The van der Waals surface area contributed by atoms with Gasteiger partial charge in [0.2, 0.25) is 0 Å². The summed E-state index contributed by atoms with van der Waals surface area (Å²) in [6, 6.07) is 8.03. The van der Waals surface area contributed by atoms with Crippen molar-refractivity contribution in [2.24, 2.45) is 0 Å². The topological polar surface area (TPSA) is 9.23 Å². The first-order valence-electron chi connectivity index (χ1n) is 3.35. The molecule has 1 aliphatic heterocycles. The quantitative estimate of drug-likeness (QED) is 0.652. The van der Waals surface area contributed by atoms with Crippen molar-refractivity contribution < 1.29 is 38.9 Å². The molecule has 2 rings (SSSR count). The summed E-state index contributed by atoms with van der Waals surface area (Å²) in [5.74, 6) is 0.991. The van der Waals surface area contributed by atoms with Crippen molar-refractivity contribution in [2.75, 3.05) is 6.61 Å². The van der Waals surface area contributed by atoms with Crippen LogP contribution in [0, 0.1) is 0 Å². The SMILES string of the molecule is C1=Cc2ccccc2OC1.[Al].[Fe].[Mn].